The molecule has 112 valence electrons. The third-order valence-electron chi connectivity index (χ3n) is 4.89. The van der Waals surface area contributed by atoms with Crippen molar-refractivity contribution < 1.29 is 8.42 Å². The monoisotopic (exact) mass is 297 g/mol. The molecular formula is C14H23N3O2S. The maximum atomic E-state index is 11.6. The first-order valence-electron chi connectivity index (χ1n) is 7.46. The number of aromatic nitrogens is 2. The molecule has 1 aromatic heterocycles. The molecule has 1 saturated heterocycles. The molecular weight excluding hydrogens is 274 g/mol. The van der Waals surface area contributed by atoms with E-state index in [-0.39, 0.29) is 23.0 Å². The van der Waals surface area contributed by atoms with Crippen molar-refractivity contribution in [1.82, 2.24) is 9.78 Å². The lowest BCUT2D eigenvalue weighted by molar-refractivity contribution is 0.307. The van der Waals surface area contributed by atoms with E-state index in [1.165, 1.54) is 19.3 Å². The first kappa shape index (κ1) is 13.9. The Labute approximate surface area is 120 Å². The molecule has 1 atom stereocenters. The van der Waals surface area contributed by atoms with Crippen molar-refractivity contribution >= 4 is 15.7 Å². The fraction of sp³-hybridized carbons (Fsp3) is 0.786. The maximum absolute atomic E-state index is 11.6. The van der Waals surface area contributed by atoms with E-state index in [0.29, 0.717) is 12.2 Å². The van der Waals surface area contributed by atoms with E-state index >= 15 is 0 Å². The Morgan fingerprint density at radius 3 is 2.65 bits per heavy atom. The number of nitrogens with zero attached hydrogens (tertiary/aromatic N) is 2. The molecule has 1 aromatic rings. The summed E-state index contributed by atoms with van der Waals surface area (Å²) in [6.45, 7) is 2.25. The van der Waals surface area contributed by atoms with Crippen molar-refractivity contribution in [1.29, 1.82) is 0 Å². The zero-order valence-corrected chi connectivity index (χ0v) is 12.8. The fourth-order valence-electron chi connectivity index (χ4n) is 3.55. The summed E-state index contributed by atoms with van der Waals surface area (Å²) in [4.78, 5) is 0. The molecule has 20 heavy (non-hydrogen) atoms. The number of rotatable bonds is 2. The van der Waals surface area contributed by atoms with Gasteiger partial charge in [0.2, 0.25) is 0 Å². The largest absolute Gasteiger partial charge is 0.384 e. The second kappa shape index (κ2) is 4.76. The van der Waals surface area contributed by atoms with Crippen LogP contribution in [-0.2, 0) is 15.3 Å². The standard InChI is InChI=1S/C14H23N3O2S/c1-14(6-3-2-4-7-14)12-9-13(15)17(16-12)11-5-8-20(18,19)10-11/h9,11H,2-8,10,15H2,1H3. The van der Waals surface area contributed by atoms with Crippen LogP contribution in [0, 0.1) is 0 Å². The van der Waals surface area contributed by atoms with Gasteiger partial charge in [0.1, 0.15) is 5.82 Å². The molecule has 6 heteroatoms. The Balaban J connectivity index is 1.88. The van der Waals surface area contributed by atoms with E-state index in [1.807, 2.05) is 6.07 Å². The summed E-state index contributed by atoms with van der Waals surface area (Å²) >= 11 is 0. The Kier molecular flexibility index (Phi) is 3.31. The van der Waals surface area contributed by atoms with Crippen LogP contribution >= 0.6 is 0 Å². The lowest BCUT2D eigenvalue weighted by atomic mass is 9.73. The zero-order valence-electron chi connectivity index (χ0n) is 12.0. The average Bonchev–Trinajstić information content (AvgIpc) is 2.93. The number of hydrogen-bond acceptors (Lipinski definition) is 4. The van der Waals surface area contributed by atoms with Gasteiger partial charge >= 0.3 is 0 Å². The van der Waals surface area contributed by atoms with Gasteiger partial charge in [-0.05, 0) is 19.3 Å². The molecule has 2 heterocycles. The second-order valence-corrected chi connectivity index (χ2v) is 8.81. The van der Waals surface area contributed by atoms with Crippen molar-refractivity contribution in [2.24, 2.45) is 0 Å². The van der Waals surface area contributed by atoms with E-state index in [0.717, 1.165) is 18.5 Å². The highest BCUT2D eigenvalue weighted by Gasteiger charge is 2.35. The van der Waals surface area contributed by atoms with E-state index in [9.17, 15) is 8.42 Å². The molecule has 1 unspecified atom stereocenters. The van der Waals surface area contributed by atoms with Gasteiger partial charge in [0, 0.05) is 11.5 Å². The predicted octanol–water partition coefficient (Wildman–Crippen LogP) is 2.05. The van der Waals surface area contributed by atoms with Gasteiger partial charge in [-0.2, -0.15) is 5.10 Å². The number of nitrogens with two attached hydrogens (primary N) is 1. The molecule has 2 aliphatic rings. The fourth-order valence-corrected chi connectivity index (χ4v) is 5.24. The van der Waals surface area contributed by atoms with Crippen LogP contribution in [0.3, 0.4) is 0 Å². The summed E-state index contributed by atoms with van der Waals surface area (Å²) in [7, 11) is -2.91. The summed E-state index contributed by atoms with van der Waals surface area (Å²) in [5, 5.41) is 4.68. The Morgan fingerprint density at radius 2 is 2.05 bits per heavy atom. The van der Waals surface area contributed by atoms with Crippen LogP contribution in [0.25, 0.3) is 0 Å². The highest BCUT2D eigenvalue weighted by Crippen LogP contribution is 2.39. The van der Waals surface area contributed by atoms with Crippen molar-refractivity contribution in [2.75, 3.05) is 17.2 Å². The molecule has 1 aliphatic carbocycles. The topological polar surface area (TPSA) is 78.0 Å². The van der Waals surface area contributed by atoms with Gasteiger partial charge in [-0.3, -0.25) is 0 Å². The van der Waals surface area contributed by atoms with E-state index in [2.05, 4.69) is 12.0 Å². The van der Waals surface area contributed by atoms with Crippen LogP contribution in [0.1, 0.15) is 57.2 Å². The van der Waals surface area contributed by atoms with Crippen molar-refractivity contribution in [2.45, 2.75) is 56.9 Å². The predicted molar refractivity (Wildman–Crippen MR) is 79.4 cm³/mol. The van der Waals surface area contributed by atoms with Gasteiger partial charge in [-0.1, -0.05) is 26.2 Å². The van der Waals surface area contributed by atoms with Crippen LogP contribution in [0.2, 0.25) is 0 Å². The minimum absolute atomic E-state index is 0.0825. The molecule has 1 aliphatic heterocycles. The van der Waals surface area contributed by atoms with E-state index in [4.69, 9.17) is 5.73 Å². The zero-order chi connectivity index (χ0) is 14.4. The van der Waals surface area contributed by atoms with Crippen LogP contribution in [-0.4, -0.2) is 29.7 Å². The van der Waals surface area contributed by atoms with Crippen LogP contribution in [0.4, 0.5) is 5.82 Å². The smallest absolute Gasteiger partial charge is 0.152 e. The summed E-state index contributed by atoms with van der Waals surface area (Å²) in [5.41, 5.74) is 7.23. The van der Waals surface area contributed by atoms with Crippen molar-refractivity contribution in [3.63, 3.8) is 0 Å². The number of hydrogen-bond donors (Lipinski definition) is 1. The summed E-state index contributed by atoms with van der Waals surface area (Å²) in [6.07, 6.45) is 6.69. The average molecular weight is 297 g/mol. The molecule has 5 nitrogen and oxygen atoms in total. The minimum Gasteiger partial charge on any atom is -0.384 e. The Hall–Kier alpha value is -1.04. The van der Waals surface area contributed by atoms with Gasteiger partial charge < -0.3 is 5.73 Å². The summed E-state index contributed by atoms with van der Waals surface area (Å²) in [5.74, 6) is 1.03. The van der Waals surface area contributed by atoms with Crippen LogP contribution in [0.5, 0.6) is 0 Å². The minimum atomic E-state index is -2.91. The van der Waals surface area contributed by atoms with Gasteiger partial charge in [0.25, 0.3) is 0 Å². The SMILES string of the molecule is CC1(c2cc(N)n(C3CCS(=O)(=O)C3)n2)CCCCC1. The normalized spacial score (nSPS) is 28.6. The molecule has 0 bridgehead atoms. The quantitative estimate of drug-likeness (QED) is 0.906. The molecule has 0 radical (unpaired) electrons. The summed E-state index contributed by atoms with van der Waals surface area (Å²) in [6, 6.07) is 1.87. The van der Waals surface area contributed by atoms with Crippen LogP contribution < -0.4 is 5.73 Å². The first-order valence-corrected chi connectivity index (χ1v) is 9.28. The summed E-state index contributed by atoms with van der Waals surface area (Å²) < 4.78 is 25.0. The first-order chi connectivity index (χ1) is 9.40. The Morgan fingerprint density at radius 1 is 1.35 bits per heavy atom. The van der Waals surface area contributed by atoms with Gasteiger partial charge in [0.05, 0.1) is 23.2 Å². The van der Waals surface area contributed by atoms with Gasteiger partial charge in [-0.15, -0.1) is 0 Å². The molecule has 0 amide bonds. The molecule has 0 aromatic carbocycles. The van der Waals surface area contributed by atoms with Crippen molar-refractivity contribution in [3.05, 3.63) is 11.8 Å². The van der Waals surface area contributed by atoms with Gasteiger partial charge in [0.15, 0.2) is 9.84 Å². The van der Waals surface area contributed by atoms with Crippen LogP contribution in [0.15, 0.2) is 6.07 Å². The Bertz CT molecular complexity index is 600. The third kappa shape index (κ3) is 2.45. The number of sulfone groups is 1. The number of nitrogen functional groups attached to an aromatic ring is 1. The van der Waals surface area contributed by atoms with Gasteiger partial charge in [-0.25, -0.2) is 13.1 Å². The molecule has 2 fully saturated rings. The highest BCUT2D eigenvalue weighted by atomic mass is 32.2. The number of anilines is 1. The van der Waals surface area contributed by atoms with E-state index in [1.54, 1.807) is 4.68 Å². The third-order valence-corrected chi connectivity index (χ3v) is 6.64. The maximum Gasteiger partial charge on any atom is 0.152 e. The van der Waals surface area contributed by atoms with E-state index < -0.39 is 9.84 Å². The molecule has 1 saturated carbocycles. The molecule has 3 rings (SSSR count). The molecule has 0 spiro atoms. The lowest BCUT2D eigenvalue weighted by Crippen LogP contribution is -2.26. The highest BCUT2D eigenvalue weighted by molar-refractivity contribution is 7.91. The lowest BCUT2D eigenvalue weighted by Gasteiger charge is -2.31. The molecule has 2 N–H and O–H groups in total. The second-order valence-electron chi connectivity index (χ2n) is 6.58. The van der Waals surface area contributed by atoms with Crippen molar-refractivity contribution in [3.8, 4) is 0 Å².